The third-order valence-electron chi connectivity index (χ3n) is 3.39. The molecule has 0 saturated heterocycles. The number of fused-ring (bicyclic) bond motifs is 1. The summed E-state index contributed by atoms with van der Waals surface area (Å²) in [6, 6.07) is 4.36. The number of anilines is 1. The molecule has 0 radical (unpaired) electrons. The SMILES string of the molecule is Cc1nc(SCCNS(=O)(=O)c2ccc3c(c2)NC(=O)C(C)O3)n[nH]1. The normalized spacial score (nSPS) is 16.9. The van der Waals surface area contributed by atoms with Crippen LogP contribution in [0.2, 0.25) is 0 Å². The van der Waals surface area contributed by atoms with Crippen molar-refractivity contribution in [3.05, 3.63) is 24.0 Å². The lowest BCUT2D eigenvalue weighted by molar-refractivity contribution is -0.122. The van der Waals surface area contributed by atoms with E-state index in [1.807, 2.05) is 0 Å². The summed E-state index contributed by atoms with van der Waals surface area (Å²) in [6.45, 7) is 3.63. The fraction of sp³-hybridized carbons (Fsp3) is 0.357. The molecule has 1 aromatic heterocycles. The van der Waals surface area contributed by atoms with Gasteiger partial charge in [-0.05, 0) is 32.0 Å². The fourth-order valence-corrected chi connectivity index (χ4v) is 4.03. The summed E-state index contributed by atoms with van der Waals surface area (Å²) < 4.78 is 32.7. The van der Waals surface area contributed by atoms with Crippen molar-refractivity contribution in [2.45, 2.75) is 30.0 Å². The quantitative estimate of drug-likeness (QED) is 0.500. The Morgan fingerprint density at radius 1 is 1.40 bits per heavy atom. The van der Waals surface area contributed by atoms with Crippen molar-refractivity contribution >= 4 is 33.4 Å². The summed E-state index contributed by atoms with van der Waals surface area (Å²) >= 11 is 1.34. The van der Waals surface area contributed by atoms with E-state index in [9.17, 15) is 13.2 Å². The minimum absolute atomic E-state index is 0.0587. The first-order chi connectivity index (χ1) is 11.8. The molecule has 0 fully saturated rings. The van der Waals surface area contributed by atoms with E-state index >= 15 is 0 Å². The molecule has 0 aliphatic carbocycles. The number of aryl methyl sites for hydroxylation is 1. The lowest BCUT2D eigenvalue weighted by Crippen LogP contribution is -2.34. The van der Waals surface area contributed by atoms with Gasteiger partial charge >= 0.3 is 0 Å². The Hall–Kier alpha value is -2.11. The molecule has 1 aliphatic rings. The molecule has 25 heavy (non-hydrogen) atoms. The maximum Gasteiger partial charge on any atom is 0.265 e. The zero-order chi connectivity index (χ0) is 18.0. The van der Waals surface area contributed by atoms with Gasteiger partial charge in [0.25, 0.3) is 5.91 Å². The predicted molar refractivity (Wildman–Crippen MR) is 92.2 cm³/mol. The summed E-state index contributed by atoms with van der Waals surface area (Å²) in [5.74, 6) is 1.32. The van der Waals surface area contributed by atoms with Gasteiger partial charge in [0, 0.05) is 12.3 Å². The van der Waals surface area contributed by atoms with Crippen molar-refractivity contribution < 1.29 is 17.9 Å². The molecule has 0 saturated carbocycles. The third kappa shape index (κ3) is 4.11. The van der Waals surface area contributed by atoms with E-state index in [1.54, 1.807) is 13.8 Å². The number of carbonyl (C=O) groups excluding carboxylic acids is 1. The summed E-state index contributed by atoms with van der Waals surface area (Å²) in [5, 5.41) is 9.89. The van der Waals surface area contributed by atoms with E-state index in [-0.39, 0.29) is 17.3 Å². The summed E-state index contributed by atoms with van der Waals surface area (Å²) in [4.78, 5) is 15.8. The molecule has 1 atom stereocenters. The number of amides is 1. The van der Waals surface area contributed by atoms with Crippen molar-refractivity contribution in [3.63, 3.8) is 0 Å². The second-order valence-electron chi connectivity index (χ2n) is 5.36. The highest BCUT2D eigenvalue weighted by Crippen LogP contribution is 2.31. The lowest BCUT2D eigenvalue weighted by Gasteiger charge is -2.23. The predicted octanol–water partition coefficient (Wildman–Crippen LogP) is 0.903. The van der Waals surface area contributed by atoms with E-state index in [1.165, 1.54) is 30.0 Å². The van der Waals surface area contributed by atoms with E-state index < -0.39 is 16.1 Å². The van der Waals surface area contributed by atoms with Gasteiger partial charge in [0.15, 0.2) is 6.10 Å². The van der Waals surface area contributed by atoms with E-state index in [4.69, 9.17) is 4.74 Å². The number of hydrogen-bond acceptors (Lipinski definition) is 7. The molecule has 3 rings (SSSR count). The van der Waals surface area contributed by atoms with Gasteiger partial charge in [-0.25, -0.2) is 18.1 Å². The van der Waals surface area contributed by atoms with Crippen LogP contribution in [0.5, 0.6) is 5.75 Å². The van der Waals surface area contributed by atoms with Crippen molar-refractivity contribution in [2.24, 2.45) is 0 Å². The topological polar surface area (TPSA) is 126 Å². The highest BCUT2D eigenvalue weighted by Gasteiger charge is 2.25. The van der Waals surface area contributed by atoms with Crippen LogP contribution in [0.3, 0.4) is 0 Å². The number of aromatic nitrogens is 3. The first-order valence-electron chi connectivity index (χ1n) is 7.48. The molecule has 2 aromatic rings. The van der Waals surface area contributed by atoms with Gasteiger partial charge in [-0.3, -0.25) is 9.89 Å². The number of rotatable bonds is 6. The zero-order valence-corrected chi connectivity index (χ0v) is 15.2. The van der Waals surface area contributed by atoms with Gasteiger partial charge in [-0.15, -0.1) is 5.10 Å². The highest BCUT2D eigenvalue weighted by atomic mass is 32.2. The second-order valence-corrected chi connectivity index (χ2v) is 8.19. The Bertz CT molecular complexity index is 896. The van der Waals surface area contributed by atoms with Gasteiger partial charge in [-0.1, -0.05) is 11.8 Å². The van der Waals surface area contributed by atoms with Gasteiger partial charge in [0.1, 0.15) is 11.6 Å². The van der Waals surface area contributed by atoms with Crippen molar-refractivity contribution in [2.75, 3.05) is 17.6 Å². The molecule has 134 valence electrons. The van der Waals surface area contributed by atoms with Crippen molar-refractivity contribution in [3.8, 4) is 5.75 Å². The van der Waals surface area contributed by atoms with Crippen LogP contribution >= 0.6 is 11.8 Å². The van der Waals surface area contributed by atoms with Gasteiger partial charge < -0.3 is 10.1 Å². The number of aromatic amines is 1. The number of nitrogens with one attached hydrogen (secondary N) is 3. The van der Waals surface area contributed by atoms with Crippen molar-refractivity contribution in [1.82, 2.24) is 19.9 Å². The van der Waals surface area contributed by atoms with Gasteiger partial charge in [-0.2, -0.15) is 0 Å². The fourth-order valence-electron chi connectivity index (χ4n) is 2.14. The average Bonchev–Trinajstić information content (AvgIpc) is 2.97. The second kappa shape index (κ2) is 7.02. The number of H-pyrrole nitrogens is 1. The van der Waals surface area contributed by atoms with Crippen LogP contribution in [-0.2, 0) is 14.8 Å². The minimum atomic E-state index is -3.69. The molecule has 0 bridgehead atoms. The molecule has 1 aromatic carbocycles. The van der Waals surface area contributed by atoms with Gasteiger partial charge in [0.2, 0.25) is 15.2 Å². The Kier molecular flexibility index (Phi) is 4.97. The number of hydrogen-bond donors (Lipinski definition) is 3. The average molecular weight is 383 g/mol. The number of nitrogens with zero attached hydrogens (tertiary/aromatic N) is 2. The van der Waals surface area contributed by atoms with Crippen LogP contribution in [0.1, 0.15) is 12.7 Å². The van der Waals surface area contributed by atoms with Crippen LogP contribution in [0.4, 0.5) is 5.69 Å². The molecule has 3 N–H and O–H groups in total. The number of carbonyl (C=O) groups is 1. The number of sulfonamides is 1. The number of thioether (sulfide) groups is 1. The molecule has 0 spiro atoms. The lowest BCUT2D eigenvalue weighted by atomic mass is 10.2. The Balaban J connectivity index is 1.62. The monoisotopic (exact) mass is 383 g/mol. The molecule has 1 unspecified atom stereocenters. The first-order valence-corrected chi connectivity index (χ1v) is 9.95. The molecule has 11 heteroatoms. The Morgan fingerprint density at radius 3 is 2.92 bits per heavy atom. The van der Waals surface area contributed by atoms with E-state index in [2.05, 4.69) is 25.2 Å². The first kappa shape index (κ1) is 17.7. The molecular weight excluding hydrogens is 366 g/mol. The van der Waals surface area contributed by atoms with Crippen LogP contribution in [0, 0.1) is 6.92 Å². The van der Waals surface area contributed by atoms with Crippen LogP contribution < -0.4 is 14.8 Å². The minimum Gasteiger partial charge on any atom is -0.479 e. The third-order valence-corrected chi connectivity index (χ3v) is 5.70. The van der Waals surface area contributed by atoms with Gasteiger partial charge in [0.05, 0.1) is 10.6 Å². The molecule has 2 heterocycles. The van der Waals surface area contributed by atoms with Crippen molar-refractivity contribution in [1.29, 1.82) is 0 Å². The van der Waals surface area contributed by atoms with Crippen LogP contribution in [-0.4, -0.2) is 47.9 Å². The van der Waals surface area contributed by atoms with E-state index in [0.29, 0.717) is 28.2 Å². The Labute approximate surface area is 149 Å². The maximum atomic E-state index is 12.4. The summed E-state index contributed by atoms with van der Waals surface area (Å²) in [7, 11) is -3.69. The zero-order valence-electron chi connectivity index (χ0n) is 13.6. The summed E-state index contributed by atoms with van der Waals surface area (Å²) in [5.41, 5.74) is 0.344. The summed E-state index contributed by atoms with van der Waals surface area (Å²) in [6.07, 6.45) is -0.607. The van der Waals surface area contributed by atoms with E-state index in [0.717, 1.165) is 0 Å². The largest absolute Gasteiger partial charge is 0.479 e. The standard InChI is InChI=1S/C14H17N5O4S2/c1-8-13(20)17-11-7-10(3-4-12(11)23-8)25(21,22)15-5-6-24-14-16-9(2)18-19-14/h3-4,7-8,15H,5-6H2,1-2H3,(H,17,20)(H,16,18,19). The molecule has 1 aliphatic heterocycles. The molecular formula is C14H17N5O4S2. The van der Waals surface area contributed by atoms with Crippen LogP contribution in [0.15, 0.2) is 28.3 Å². The van der Waals surface area contributed by atoms with Crippen LogP contribution in [0.25, 0.3) is 0 Å². The Morgan fingerprint density at radius 2 is 2.20 bits per heavy atom. The smallest absolute Gasteiger partial charge is 0.265 e. The number of benzene rings is 1. The maximum absolute atomic E-state index is 12.4. The number of ether oxygens (including phenoxy) is 1. The highest BCUT2D eigenvalue weighted by molar-refractivity contribution is 7.99. The molecule has 9 nitrogen and oxygen atoms in total. The molecule has 1 amide bonds.